The van der Waals surface area contributed by atoms with Crippen LogP contribution in [0.3, 0.4) is 0 Å². The normalized spacial score (nSPS) is 13.2. The standard InChI is InChI=1S/C17H22N2O3S/c1-3-13(12-7-4-5-8-15(12)22-2)19-17(21)18-11-14(20)16-9-6-10-23-16/h4-10,13-14,20H,3,11H2,1-2H3,(H2,18,19,21)/t13-,14+/m1/s1. The largest absolute Gasteiger partial charge is 0.496 e. The highest BCUT2D eigenvalue weighted by atomic mass is 32.1. The van der Waals surface area contributed by atoms with Crippen LogP contribution in [0.1, 0.15) is 35.9 Å². The number of benzene rings is 1. The molecule has 0 fully saturated rings. The molecule has 0 radical (unpaired) electrons. The van der Waals surface area contributed by atoms with Gasteiger partial charge in [-0.1, -0.05) is 31.2 Å². The molecule has 5 nitrogen and oxygen atoms in total. The number of carbonyl (C=O) groups is 1. The monoisotopic (exact) mass is 334 g/mol. The van der Waals surface area contributed by atoms with Gasteiger partial charge in [-0.05, 0) is 23.9 Å². The van der Waals surface area contributed by atoms with E-state index in [1.807, 2.05) is 48.7 Å². The average molecular weight is 334 g/mol. The quantitative estimate of drug-likeness (QED) is 0.728. The topological polar surface area (TPSA) is 70.6 Å². The Bertz CT molecular complexity index is 616. The molecule has 0 aliphatic carbocycles. The predicted octanol–water partition coefficient (Wildman–Crippen LogP) is 3.24. The Balaban J connectivity index is 1.92. The van der Waals surface area contributed by atoms with Crippen molar-refractivity contribution in [3.63, 3.8) is 0 Å². The van der Waals surface area contributed by atoms with Crippen LogP contribution in [0.15, 0.2) is 41.8 Å². The van der Waals surface area contributed by atoms with Crippen LogP contribution in [-0.2, 0) is 0 Å². The van der Waals surface area contributed by atoms with Crippen LogP contribution in [0, 0.1) is 0 Å². The van der Waals surface area contributed by atoms with E-state index in [0.29, 0.717) is 0 Å². The van der Waals surface area contributed by atoms with E-state index in [-0.39, 0.29) is 18.6 Å². The van der Waals surface area contributed by atoms with Crippen LogP contribution in [0.25, 0.3) is 0 Å². The molecule has 0 aliphatic heterocycles. The fraction of sp³-hybridized carbons (Fsp3) is 0.353. The van der Waals surface area contributed by atoms with E-state index in [2.05, 4.69) is 10.6 Å². The molecule has 0 unspecified atom stereocenters. The summed E-state index contributed by atoms with van der Waals surface area (Å²) in [6, 6.07) is 10.9. The van der Waals surface area contributed by atoms with Gasteiger partial charge in [0.2, 0.25) is 0 Å². The zero-order valence-corrected chi connectivity index (χ0v) is 14.1. The van der Waals surface area contributed by atoms with Gasteiger partial charge < -0.3 is 20.5 Å². The zero-order chi connectivity index (χ0) is 16.7. The maximum Gasteiger partial charge on any atom is 0.315 e. The van der Waals surface area contributed by atoms with E-state index in [1.54, 1.807) is 7.11 Å². The molecule has 124 valence electrons. The highest BCUT2D eigenvalue weighted by molar-refractivity contribution is 7.10. The molecule has 0 aliphatic rings. The number of amides is 2. The number of thiophene rings is 1. The molecule has 3 N–H and O–H groups in total. The van der Waals surface area contributed by atoms with Gasteiger partial charge in [-0.3, -0.25) is 0 Å². The van der Waals surface area contributed by atoms with Crippen molar-refractivity contribution < 1.29 is 14.6 Å². The van der Waals surface area contributed by atoms with Gasteiger partial charge in [0.15, 0.2) is 0 Å². The van der Waals surface area contributed by atoms with Gasteiger partial charge in [0.25, 0.3) is 0 Å². The Morgan fingerprint density at radius 3 is 2.74 bits per heavy atom. The van der Waals surface area contributed by atoms with E-state index in [0.717, 1.165) is 22.6 Å². The zero-order valence-electron chi connectivity index (χ0n) is 13.3. The average Bonchev–Trinajstić information content (AvgIpc) is 3.12. The molecule has 0 saturated carbocycles. The van der Waals surface area contributed by atoms with Crippen LogP contribution < -0.4 is 15.4 Å². The van der Waals surface area contributed by atoms with Gasteiger partial charge in [-0.15, -0.1) is 11.3 Å². The number of hydrogen-bond acceptors (Lipinski definition) is 4. The molecule has 23 heavy (non-hydrogen) atoms. The van der Waals surface area contributed by atoms with E-state index >= 15 is 0 Å². The maximum atomic E-state index is 12.1. The maximum absolute atomic E-state index is 12.1. The lowest BCUT2D eigenvalue weighted by atomic mass is 10.0. The molecular formula is C17H22N2O3S. The third-order valence-electron chi connectivity index (χ3n) is 3.56. The lowest BCUT2D eigenvalue weighted by molar-refractivity contribution is 0.175. The van der Waals surface area contributed by atoms with Crippen LogP contribution in [0.4, 0.5) is 4.79 Å². The van der Waals surface area contributed by atoms with Crippen molar-refractivity contribution in [2.45, 2.75) is 25.5 Å². The number of hydrogen-bond donors (Lipinski definition) is 3. The minimum atomic E-state index is -0.688. The molecule has 1 aromatic heterocycles. The van der Waals surface area contributed by atoms with E-state index < -0.39 is 6.10 Å². The number of methoxy groups -OCH3 is 1. The van der Waals surface area contributed by atoms with Crippen molar-refractivity contribution >= 4 is 17.4 Å². The lowest BCUT2D eigenvalue weighted by Gasteiger charge is -2.20. The van der Waals surface area contributed by atoms with Crippen molar-refractivity contribution in [3.05, 3.63) is 52.2 Å². The van der Waals surface area contributed by atoms with Gasteiger partial charge >= 0.3 is 6.03 Å². The van der Waals surface area contributed by atoms with Crippen molar-refractivity contribution in [1.82, 2.24) is 10.6 Å². The van der Waals surface area contributed by atoms with Crippen molar-refractivity contribution in [3.8, 4) is 5.75 Å². The molecule has 0 spiro atoms. The number of nitrogens with one attached hydrogen (secondary N) is 2. The van der Waals surface area contributed by atoms with Gasteiger partial charge in [0.1, 0.15) is 11.9 Å². The summed E-state index contributed by atoms with van der Waals surface area (Å²) in [5.41, 5.74) is 0.937. The molecule has 0 saturated heterocycles. The van der Waals surface area contributed by atoms with Crippen LogP contribution in [0.5, 0.6) is 5.75 Å². The summed E-state index contributed by atoms with van der Waals surface area (Å²) >= 11 is 1.46. The number of aliphatic hydroxyl groups is 1. The molecule has 1 heterocycles. The first kappa shape index (κ1) is 17.3. The van der Waals surface area contributed by atoms with E-state index in [1.165, 1.54) is 11.3 Å². The molecule has 2 rings (SSSR count). The second kappa shape index (κ2) is 8.55. The Morgan fingerprint density at radius 1 is 1.30 bits per heavy atom. The third-order valence-corrected chi connectivity index (χ3v) is 4.53. The molecule has 1 aromatic carbocycles. The highest BCUT2D eigenvalue weighted by Gasteiger charge is 2.17. The summed E-state index contributed by atoms with van der Waals surface area (Å²) in [6.45, 7) is 2.17. The summed E-state index contributed by atoms with van der Waals surface area (Å²) in [6.07, 6.45) is 0.0495. The first-order valence-electron chi connectivity index (χ1n) is 7.54. The SMILES string of the molecule is CC[C@@H](NC(=O)NC[C@H](O)c1cccs1)c1ccccc1OC. The van der Waals surface area contributed by atoms with Gasteiger partial charge in [-0.25, -0.2) is 4.79 Å². The second-order valence-corrected chi connectivity index (χ2v) is 6.07. The minimum Gasteiger partial charge on any atom is -0.496 e. The van der Waals surface area contributed by atoms with Gasteiger partial charge in [-0.2, -0.15) is 0 Å². The molecule has 2 amide bonds. The van der Waals surface area contributed by atoms with Gasteiger partial charge in [0, 0.05) is 10.4 Å². The van der Waals surface area contributed by atoms with Crippen molar-refractivity contribution in [1.29, 1.82) is 0 Å². The van der Waals surface area contributed by atoms with Crippen LogP contribution in [0.2, 0.25) is 0 Å². The fourth-order valence-electron chi connectivity index (χ4n) is 2.33. The van der Waals surface area contributed by atoms with E-state index in [9.17, 15) is 9.90 Å². The van der Waals surface area contributed by atoms with Gasteiger partial charge in [0.05, 0.1) is 19.7 Å². The third kappa shape index (κ3) is 4.71. The second-order valence-electron chi connectivity index (χ2n) is 5.09. The highest BCUT2D eigenvalue weighted by Crippen LogP contribution is 2.26. The number of para-hydroxylation sites is 1. The summed E-state index contributed by atoms with van der Waals surface area (Å²) in [5, 5.41) is 17.5. The smallest absolute Gasteiger partial charge is 0.315 e. The number of ether oxygens (including phenoxy) is 1. The number of rotatable bonds is 7. The lowest BCUT2D eigenvalue weighted by Crippen LogP contribution is -2.39. The molecule has 6 heteroatoms. The summed E-state index contributed by atoms with van der Waals surface area (Å²) in [5.74, 6) is 0.748. The van der Waals surface area contributed by atoms with Crippen molar-refractivity contribution in [2.24, 2.45) is 0 Å². The Labute approximate surface area is 140 Å². The minimum absolute atomic E-state index is 0.148. The summed E-state index contributed by atoms with van der Waals surface area (Å²) in [4.78, 5) is 12.9. The van der Waals surface area contributed by atoms with E-state index in [4.69, 9.17) is 4.74 Å². The number of aliphatic hydroxyl groups excluding tert-OH is 1. The Hall–Kier alpha value is -2.05. The predicted molar refractivity (Wildman–Crippen MR) is 91.8 cm³/mol. The number of carbonyl (C=O) groups excluding carboxylic acids is 1. The molecule has 2 aromatic rings. The number of urea groups is 1. The van der Waals surface area contributed by atoms with Crippen LogP contribution in [-0.4, -0.2) is 24.8 Å². The first-order chi connectivity index (χ1) is 11.2. The summed E-state index contributed by atoms with van der Waals surface area (Å²) < 4.78 is 5.35. The van der Waals surface area contributed by atoms with Crippen molar-refractivity contribution in [2.75, 3.05) is 13.7 Å². The van der Waals surface area contributed by atoms with Crippen LogP contribution >= 0.6 is 11.3 Å². The first-order valence-corrected chi connectivity index (χ1v) is 8.42. The summed E-state index contributed by atoms with van der Waals surface area (Å²) in [7, 11) is 1.61. The molecular weight excluding hydrogens is 312 g/mol. The molecule has 2 atom stereocenters. The Kier molecular flexibility index (Phi) is 6.43. The fourth-order valence-corrected chi connectivity index (χ4v) is 3.05. The molecule has 0 bridgehead atoms. The Morgan fingerprint density at radius 2 is 2.09 bits per heavy atom.